The first kappa shape index (κ1) is 27.0. The van der Waals surface area contributed by atoms with Crippen LogP contribution in [0.2, 0.25) is 0 Å². The molecule has 1 N–H and O–H groups in total. The Bertz CT molecular complexity index is 370. The monoisotopic (exact) mass is 400 g/mol. The average molecular weight is 401 g/mol. The Kier molecular flexibility index (Phi) is 13.1. The fourth-order valence-corrected chi connectivity index (χ4v) is 2.48. The molecule has 2 aliphatic rings. The molecule has 8 heteroatoms. The SMILES string of the molecule is C[C@H]1CN(C(=O)OC(C)(C)C)CCN1C.C[C@H]1CNCCN1C.Cl.Cl. The lowest BCUT2D eigenvalue weighted by Crippen LogP contribution is -2.52. The summed E-state index contributed by atoms with van der Waals surface area (Å²) in [6.07, 6.45) is -0.192. The van der Waals surface area contributed by atoms with Crippen molar-refractivity contribution in [3.05, 3.63) is 0 Å². The van der Waals surface area contributed by atoms with Crippen molar-refractivity contribution in [1.29, 1.82) is 0 Å². The molecule has 0 aromatic carbocycles. The molecular weight excluding hydrogens is 363 g/mol. The second-order valence-corrected chi connectivity index (χ2v) is 7.79. The summed E-state index contributed by atoms with van der Waals surface area (Å²) in [5, 5.41) is 3.32. The maximum Gasteiger partial charge on any atom is 0.410 e. The number of nitrogens with zero attached hydrogens (tertiary/aromatic N) is 3. The van der Waals surface area contributed by atoms with Gasteiger partial charge in [-0.1, -0.05) is 0 Å². The standard InChI is InChI=1S/C11H22N2O2.C6H14N2.2ClH/c1-9-8-13(7-6-12(9)5)10(14)15-11(2,3)4;1-6-5-7-3-4-8(6)2;;/h9H,6-8H2,1-5H3;6-7H,3-5H2,1-2H3;2*1H/t9-;6-;;/m00../s1. The number of carbonyl (C=O) groups excluding carboxylic acids is 1. The number of halogens is 2. The highest BCUT2D eigenvalue weighted by Crippen LogP contribution is 2.13. The number of carbonyl (C=O) groups is 1. The van der Waals surface area contributed by atoms with Gasteiger partial charge in [-0.3, -0.25) is 0 Å². The van der Waals surface area contributed by atoms with E-state index < -0.39 is 5.60 Å². The zero-order valence-corrected chi connectivity index (χ0v) is 18.5. The summed E-state index contributed by atoms with van der Waals surface area (Å²) in [5.74, 6) is 0. The number of amides is 1. The highest BCUT2D eigenvalue weighted by atomic mass is 35.5. The molecule has 0 saturated carbocycles. The fourth-order valence-electron chi connectivity index (χ4n) is 2.48. The van der Waals surface area contributed by atoms with Crippen LogP contribution >= 0.6 is 24.8 Å². The van der Waals surface area contributed by atoms with Crippen molar-refractivity contribution >= 4 is 30.9 Å². The van der Waals surface area contributed by atoms with Crippen LogP contribution in [-0.4, -0.2) is 91.8 Å². The van der Waals surface area contributed by atoms with Gasteiger partial charge in [0, 0.05) is 51.4 Å². The Balaban J connectivity index is 0. The van der Waals surface area contributed by atoms with E-state index in [1.807, 2.05) is 20.8 Å². The molecule has 2 rings (SSSR count). The van der Waals surface area contributed by atoms with Crippen LogP contribution in [0.25, 0.3) is 0 Å². The molecule has 2 atom stereocenters. The van der Waals surface area contributed by atoms with Crippen LogP contribution in [0.3, 0.4) is 0 Å². The van der Waals surface area contributed by atoms with E-state index in [1.165, 1.54) is 6.54 Å². The molecule has 2 aliphatic heterocycles. The molecule has 2 heterocycles. The van der Waals surface area contributed by atoms with Gasteiger partial charge in [0.15, 0.2) is 0 Å². The van der Waals surface area contributed by atoms with Crippen molar-refractivity contribution in [2.45, 2.75) is 52.3 Å². The molecule has 0 spiro atoms. The Hall–Kier alpha value is -0.270. The van der Waals surface area contributed by atoms with E-state index in [0.29, 0.717) is 6.04 Å². The van der Waals surface area contributed by atoms with Gasteiger partial charge in [0.1, 0.15) is 5.60 Å². The van der Waals surface area contributed by atoms with Crippen molar-refractivity contribution in [3.63, 3.8) is 0 Å². The Morgan fingerprint density at radius 2 is 1.56 bits per heavy atom. The zero-order chi connectivity index (χ0) is 17.6. The molecule has 25 heavy (non-hydrogen) atoms. The molecule has 1 amide bonds. The maximum absolute atomic E-state index is 11.8. The summed E-state index contributed by atoms with van der Waals surface area (Å²) in [4.78, 5) is 18.2. The fraction of sp³-hybridized carbons (Fsp3) is 0.941. The van der Waals surface area contributed by atoms with Crippen molar-refractivity contribution in [1.82, 2.24) is 20.0 Å². The van der Waals surface area contributed by atoms with Crippen LogP contribution in [0.15, 0.2) is 0 Å². The first-order chi connectivity index (χ1) is 10.6. The van der Waals surface area contributed by atoms with E-state index in [1.54, 1.807) is 4.90 Å². The van der Waals surface area contributed by atoms with Gasteiger partial charge in [-0.15, -0.1) is 24.8 Å². The van der Waals surface area contributed by atoms with E-state index in [2.05, 4.69) is 43.1 Å². The number of piperazine rings is 2. The van der Waals surface area contributed by atoms with E-state index >= 15 is 0 Å². The molecule has 0 radical (unpaired) electrons. The van der Waals surface area contributed by atoms with Gasteiger partial charge in [-0.25, -0.2) is 4.79 Å². The smallest absolute Gasteiger partial charge is 0.410 e. The zero-order valence-electron chi connectivity index (χ0n) is 16.9. The summed E-state index contributed by atoms with van der Waals surface area (Å²) in [7, 11) is 4.25. The quantitative estimate of drug-likeness (QED) is 0.675. The summed E-state index contributed by atoms with van der Waals surface area (Å²) >= 11 is 0. The molecular formula is C17H38Cl2N4O2. The van der Waals surface area contributed by atoms with E-state index in [-0.39, 0.29) is 30.9 Å². The number of ether oxygens (including phenoxy) is 1. The summed E-state index contributed by atoms with van der Waals surface area (Å²) in [6, 6.07) is 1.13. The number of nitrogens with one attached hydrogen (secondary N) is 1. The van der Waals surface area contributed by atoms with Crippen LogP contribution in [0.1, 0.15) is 34.6 Å². The van der Waals surface area contributed by atoms with E-state index in [9.17, 15) is 4.79 Å². The van der Waals surface area contributed by atoms with Crippen molar-refractivity contribution < 1.29 is 9.53 Å². The van der Waals surface area contributed by atoms with Gasteiger partial charge in [0.05, 0.1) is 0 Å². The van der Waals surface area contributed by atoms with E-state index in [4.69, 9.17) is 4.74 Å². The number of rotatable bonds is 0. The molecule has 0 unspecified atom stereocenters. The highest BCUT2D eigenvalue weighted by molar-refractivity contribution is 5.85. The number of hydrogen-bond acceptors (Lipinski definition) is 5. The van der Waals surface area contributed by atoms with Gasteiger partial charge in [-0.2, -0.15) is 0 Å². The second-order valence-electron chi connectivity index (χ2n) is 7.79. The Morgan fingerprint density at radius 1 is 1.00 bits per heavy atom. The lowest BCUT2D eigenvalue weighted by atomic mass is 10.2. The molecule has 0 aromatic heterocycles. The van der Waals surface area contributed by atoms with E-state index in [0.717, 1.165) is 38.8 Å². The third kappa shape index (κ3) is 10.5. The predicted octanol–water partition coefficient (Wildman–Crippen LogP) is 2.31. The van der Waals surface area contributed by atoms with Crippen LogP contribution in [0.5, 0.6) is 0 Å². The third-order valence-corrected chi connectivity index (χ3v) is 4.44. The molecule has 2 saturated heterocycles. The van der Waals surface area contributed by atoms with Gasteiger partial charge in [-0.05, 0) is 48.7 Å². The van der Waals surface area contributed by atoms with Crippen molar-refractivity contribution in [2.75, 3.05) is 53.4 Å². The number of hydrogen-bond donors (Lipinski definition) is 1. The van der Waals surface area contributed by atoms with Crippen LogP contribution in [-0.2, 0) is 4.74 Å². The molecule has 2 fully saturated rings. The van der Waals surface area contributed by atoms with Gasteiger partial charge in [0.2, 0.25) is 0 Å². The molecule has 0 bridgehead atoms. The summed E-state index contributed by atoms with van der Waals surface area (Å²) in [5.41, 5.74) is -0.399. The minimum absolute atomic E-state index is 0. The lowest BCUT2D eigenvalue weighted by molar-refractivity contribution is 0.00930. The van der Waals surface area contributed by atoms with Crippen LogP contribution in [0.4, 0.5) is 4.79 Å². The lowest BCUT2D eigenvalue weighted by Gasteiger charge is -2.38. The predicted molar refractivity (Wildman–Crippen MR) is 109 cm³/mol. The van der Waals surface area contributed by atoms with Gasteiger partial charge in [0.25, 0.3) is 0 Å². The van der Waals surface area contributed by atoms with Gasteiger partial charge < -0.3 is 24.8 Å². The normalized spacial score (nSPS) is 25.0. The first-order valence-corrected chi connectivity index (χ1v) is 8.69. The van der Waals surface area contributed by atoms with Crippen molar-refractivity contribution in [3.8, 4) is 0 Å². The minimum Gasteiger partial charge on any atom is -0.444 e. The molecule has 152 valence electrons. The van der Waals surface area contributed by atoms with Crippen molar-refractivity contribution in [2.24, 2.45) is 0 Å². The van der Waals surface area contributed by atoms with Crippen LogP contribution < -0.4 is 5.32 Å². The Labute approximate surface area is 166 Å². The third-order valence-electron chi connectivity index (χ3n) is 4.44. The highest BCUT2D eigenvalue weighted by Gasteiger charge is 2.27. The molecule has 0 aromatic rings. The molecule has 0 aliphatic carbocycles. The topological polar surface area (TPSA) is 48.1 Å². The maximum atomic E-state index is 11.8. The second kappa shape index (κ2) is 12.2. The minimum atomic E-state index is -0.399. The largest absolute Gasteiger partial charge is 0.444 e. The number of likely N-dealkylation sites (N-methyl/N-ethyl adjacent to an activating group) is 2. The summed E-state index contributed by atoms with van der Waals surface area (Å²) in [6.45, 7) is 16.0. The first-order valence-electron chi connectivity index (χ1n) is 8.69. The summed E-state index contributed by atoms with van der Waals surface area (Å²) < 4.78 is 5.33. The van der Waals surface area contributed by atoms with Crippen LogP contribution in [0, 0.1) is 0 Å². The van der Waals surface area contributed by atoms with Gasteiger partial charge >= 0.3 is 6.09 Å². The Morgan fingerprint density at radius 3 is 1.96 bits per heavy atom. The average Bonchev–Trinajstić information content (AvgIpc) is 2.44. The molecule has 6 nitrogen and oxygen atoms in total.